The van der Waals surface area contributed by atoms with Crippen LogP contribution in [0.1, 0.15) is 31.1 Å². The molecule has 1 amide bonds. The number of benzene rings is 2. The van der Waals surface area contributed by atoms with E-state index in [4.69, 9.17) is 4.74 Å². The average Bonchev–Trinajstić information content (AvgIpc) is 2.65. The van der Waals surface area contributed by atoms with Gasteiger partial charge in [-0.3, -0.25) is 4.79 Å². The fraction of sp³-hybridized carbons (Fsp3) is 0.227. The number of ether oxygens (including phenoxy) is 1. The predicted molar refractivity (Wildman–Crippen MR) is 105 cm³/mol. The van der Waals surface area contributed by atoms with Gasteiger partial charge in [-0.05, 0) is 49.3 Å². The molecule has 2 N–H and O–H groups in total. The van der Waals surface area contributed by atoms with Gasteiger partial charge >= 0.3 is 0 Å². The third-order valence-electron chi connectivity index (χ3n) is 3.70. The Hall–Kier alpha value is -2.85. The fourth-order valence-electron chi connectivity index (χ4n) is 2.20. The van der Waals surface area contributed by atoms with Crippen molar-refractivity contribution in [2.45, 2.75) is 20.0 Å². The molecule has 4 heteroatoms. The molecule has 2 rings (SSSR count). The zero-order chi connectivity index (χ0) is 18.8. The van der Waals surface area contributed by atoms with Gasteiger partial charge in [0.05, 0.1) is 6.10 Å². The summed E-state index contributed by atoms with van der Waals surface area (Å²) in [7, 11) is 0. The first-order valence-corrected chi connectivity index (χ1v) is 8.60. The quantitative estimate of drug-likeness (QED) is 0.560. The van der Waals surface area contributed by atoms with Gasteiger partial charge in [0.2, 0.25) is 5.91 Å². The van der Waals surface area contributed by atoms with E-state index in [1.807, 2.05) is 62.4 Å². The van der Waals surface area contributed by atoms with E-state index in [1.54, 1.807) is 18.2 Å². The number of hydrogen-bond acceptors (Lipinski definition) is 3. The Morgan fingerprint density at radius 3 is 2.46 bits per heavy atom. The van der Waals surface area contributed by atoms with E-state index in [-0.39, 0.29) is 12.5 Å². The Morgan fingerprint density at radius 2 is 1.81 bits per heavy atom. The van der Waals surface area contributed by atoms with Crippen LogP contribution < -0.4 is 10.1 Å². The maximum atomic E-state index is 11.8. The van der Waals surface area contributed by atoms with E-state index in [1.165, 1.54) is 11.6 Å². The largest absolute Gasteiger partial charge is 0.490 e. The highest BCUT2D eigenvalue weighted by atomic mass is 16.5. The molecule has 0 aliphatic carbocycles. The van der Waals surface area contributed by atoms with Crippen molar-refractivity contribution in [3.8, 4) is 5.75 Å². The second-order valence-corrected chi connectivity index (χ2v) is 6.17. The molecular formula is C22H25NO3. The highest BCUT2D eigenvalue weighted by Crippen LogP contribution is 2.17. The Kier molecular flexibility index (Phi) is 7.65. The number of rotatable bonds is 8. The molecule has 0 aliphatic heterocycles. The molecule has 0 spiro atoms. The zero-order valence-electron chi connectivity index (χ0n) is 15.2. The predicted octanol–water partition coefficient (Wildman–Crippen LogP) is 3.89. The summed E-state index contributed by atoms with van der Waals surface area (Å²) in [5.41, 5.74) is 2.88. The Labute approximate surface area is 154 Å². The van der Waals surface area contributed by atoms with E-state index in [0.717, 1.165) is 16.9 Å². The van der Waals surface area contributed by atoms with Crippen molar-refractivity contribution in [1.29, 1.82) is 0 Å². The maximum absolute atomic E-state index is 11.8. The van der Waals surface area contributed by atoms with Crippen molar-refractivity contribution in [3.05, 3.63) is 83.4 Å². The van der Waals surface area contributed by atoms with Crippen molar-refractivity contribution in [1.82, 2.24) is 5.32 Å². The van der Waals surface area contributed by atoms with Crippen molar-refractivity contribution in [3.63, 3.8) is 0 Å². The summed E-state index contributed by atoms with van der Waals surface area (Å²) >= 11 is 0. The van der Waals surface area contributed by atoms with Crippen LogP contribution in [0.3, 0.4) is 0 Å². The van der Waals surface area contributed by atoms with E-state index < -0.39 is 6.10 Å². The third kappa shape index (κ3) is 6.95. The minimum absolute atomic E-state index is 0.149. The fourth-order valence-corrected chi connectivity index (χ4v) is 2.20. The number of carbonyl (C=O) groups excluding carboxylic acids is 1. The van der Waals surface area contributed by atoms with Gasteiger partial charge in [-0.1, -0.05) is 48.0 Å². The van der Waals surface area contributed by atoms with Crippen LogP contribution in [-0.2, 0) is 4.79 Å². The summed E-state index contributed by atoms with van der Waals surface area (Å²) in [5, 5.41) is 12.9. The lowest BCUT2D eigenvalue weighted by atomic mass is 10.1. The summed E-state index contributed by atoms with van der Waals surface area (Å²) in [6, 6.07) is 16.8. The van der Waals surface area contributed by atoms with Crippen molar-refractivity contribution in [2.24, 2.45) is 0 Å². The van der Waals surface area contributed by atoms with Gasteiger partial charge in [0.25, 0.3) is 0 Å². The number of aliphatic hydroxyl groups is 1. The molecule has 1 atom stereocenters. The summed E-state index contributed by atoms with van der Waals surface area (Å²) in [4.78, 5) is 11.8. The molecule has 0 aliphatic rings. The monoisotopic (exact) mass is 351 g/mol. The van der Waals surface area contributed by atoms with Crippen LogP contribution in [0.2, 0.25) is 0 Å². The van der Waals surface area contributed by atoms with E-state index in [2.05, 4.69) is 5.32 Å². The molecule has 136 valence electrons. The van der Waals surface area contributed by atoms with Crippen LogP contribution in [-0.4, -0.2) is 24.2 Å². The van der Waals surface area contributed by atoms with Crippen molar-refractivity contribution in [2.75, 3.05) is 13.2 Å². The summed E-state index contributed by atoms with van der Waals surface area (Å²) in [5.74, 6) is 0.503. The first-order chi connectivity index (χ1) is 12.5. The normalized spacial score (nSPS) is 11.8. The molecule has 0 bridgehead atoms. The van der Waals surface area contributed by atoms with Crippen molar-refractivity contribution < 1.29 is 14.6 Å². The molecule has 1 unspecified atom stereocenters. The number of carbonyl (C=O) groups is 1. The van der Waals surface area contributed by atoms with Gasteiger partial charge in [0.15, 0.2) is 0 Å². The topological polar surface area (TPSA) is 58.6 Å². The minimum Gasteiger partial charge on any atom is -0.490 e. The average molecular weight is 351 g/mol. The Bertz CT molecular complexity index is 745. The smallest absolute Gasteiger partial charge is 0.244 e. The van der Waals surface area contributed by atoms with Crippen LogP contribution in [0.5, 0.6) is 5.75 Å². The number of nitrogens with one attached hydrogen (secondary N) is 1. The third-order valence-corrected chi connectivity index (χ3v) is 3.70. The highest BCUT2D eigenvalue weighted by Gasteiger charge is 2.08. The lowest BCUT2D eigenvalue weighted by Gasteiger charge is -2.12. The van der Waals surface area contributed by atoms with E-state index in [0.29, 0.717) is 6.61 Å². The van der Waals surface area contributed by atoms with Gasteiger partial charge in [0.1, 0.15) is 12.4 Å². The first kappa shape index (κ1) is 19.5. The Balaban J connectivity index is 1.80. The molecule has 0 aromatic heterocycles. The molecule has 2 aromatic rings. The van der Waals surface area contributed by atoms with Crippen LogP contribution >= 0.6 is 0 Å². The lowest BCUT2D eigenvalue weighted by molar-refractivity contribution is -0.116. The molecule has 0 saturated carbocycles. The van der Waals surface area contributed by atoms with Crippen LogP contribution in [0.25, 0.3) is 6.08 Å². The second-order valence-electron chi connectivity index (χ2n) is 6.17. The molecule has 26 heavy (non-hydrogen) atoms. The molecule has 4 nitrogen and oxygen atoms in total. The van der Waals surface area contributed by atoms with Crippen molar-refractivity contribution >= 4 is 12.0 Å². The summed E-state index contributed by atoms with van der Waals surface area (Å²) in [6.45, 7) is 4.71. The first-order valence-electron chi connectivity index (χ1n) is 8.60. The van der Waals surface area contributed by atoms with Gasteiger partial charge in [-0.15, -0.1) is 0 Å². The van der Waals surface area contributed by atoms with E-state index >= 15 is 0 Å². The molecule has 0 fully saturated rings. The lowest BCUT2D eigenvalue weighted by Crippen LogP contribution is -2.26. The van der Waals surface area contributed by atoms with Gasteiger partial charge in [-0.25, -0.2) is 0 Å². The van der Waals surface area contributed by atoms with Crippen LogP contribution in [0, 0.1) is 0 Å². The summed E-state index contributed by atoms with van der Waals surface area (Å²) in [6.07, 6.45) is 4.43. The van der Waals surface area contributed by atoms with Crippen LogP contribution in [0.15, 0.2) is 72.3 Å². The molecule has 0 saturated heterocycles. The maximum Gasteiger partial charge on any atom is 0.244 e. The zero-order valence-corrected chi connectivity index (χ0v) is 15.2. The molecule has 0 heterocycles. The number of hydrogen-bond donors (Lipinski definition) is 2. The summed E-state index contributed by atoms with van der Waals surface area (Å²) < 4.78 is 5.59. The number of amides is 1. The second kappa shape index (κ2) is 10.2. The van der Waals surface area contributed by atoms with Gasteiger partial charge < -0.3 is 15.2 Å². The number of allylic oxidation sites excluding steroid dienone is 1. The molecular weight excluding hydrogens is 326 g/mol. The Morgan fingerprint density at radius 1 is 1.12 bits per heavy atom. The van der Waals surface area contributed by atoms with E-state index in [9.17, 15) is 9.90 Å². The molecule has 0 radical (unpaired) electrons. The van der Waals surface area contributed by atoms with Gasteiger partial charge in [-0.2, -0.15) is 0 Å². The molecule has 2 aromatic carbocycles. The SMILES string of the molecule is CC(C)=CCOc1ccc(C(O)CNC(=O)/C=C\c2ccccc2)cc1. The number of aliphatic hydroxyl groups excluding tert-OH is 1. The highest BCUT2D eigenvalue weighted by molar-refractivity contribution is 5.91. The standard InChI is InChI=1S/C22H25NO3/c1-17(2)14-15-26-20-11-9-19(10-12-20)21(24)16-23-22(25)13-8-18-6-4-3-5-7-18/h3-14,21,24H,15-16H2,1-2H3,(H,23,25)/b13-8-. The van der Waals surface area contributed by atoms with Crippen LogP contribution in [0.4, 0.5) is 0 Å². The van der Waals surface area contributed by atoms with Gasteiger partial charge in [0, 0.05) is 12.6 Å². The minimum atomic E-state index is -0.768.